The third-order valence-electron chi connectivity index (χ3n) is 3.81. The van der Waals surface area contributed by atoms with Crippen LogP contribution in [0.25, 0.3) is 0 Å². The fraction of sp³-hybridized carbons (Fsp3) is 0.600. The van der Waals surface area contributed by atoms with Gasteiger partial charge in [0.2, 0.25) is 20.0 Å². The highest BCUT2D eigenvalue weighted by molar-refractivity contribution is 7.89. The van der Waals surface area contributed by atoms with E-state index in [2.05, 4.69) is 4.72 Å². The molecule has 0 unspecified atom stereocenters. The summed E-state index contributed by atoms with van der Waals surface area (Å²) in [4.78, 5) is 0.119. The molecular formula is C15H24N2O6S2. The van der Waals surface area contributed by atoms with E-state index in [1.807, 2.05) is 0 Å². The third-order valence-corrected chi connectivity index (χ3v) is 7.20. The minimum absolute atomic E-state index is 0.0418. The molecule has 0 radical (unpaired) electrons. The maximum atomic E-state index is 12.5. The SMILES string of the molecule is COCCCCNS(=O)(=O)c1ccc(S(=O)(=O)N2CCOCC2)cc1. The Morgan fingerprint density at radius 3 is 2.24 bits per heavy atom. The molecule has 0 aliphatic carbocycles. The molecule has 1 fully saturated rings. The molecule has 142 valence electrons. The van der Waals surface area contributed by atoms with Crippen LogP contribution in [-0.2, 0) is 29.5 Å². The molecule has 25 heavy (non-hydrogen) atoms. The number of methoxy groups -OCH3 is 1. The average molecular weight is 392 g/mol. The number of nitrogens with zero attached hydrogens (tertiary/aromatic N) is 1. The topological polar surface area (TPSA) is 102 Å². The Kier molecular flexibility index (Phi) is 7.35. The largest absolute Gasteiger partial charge is 0.385 e. The fourth-order valence-electron chi connectivity index (χ4n) is 2.39. The lowest BCUT2D eigenvalue weighted by Crippen LogP contribution is -2.40. The Morgan fingerprint density at radius 1 is 1.04 bits per heavy atom. The van der Waals surface area contributed by atoms with Gasteiger partial charge in [-0.2, -0.15) is 4.31 Å². The van der Waals surface area contributed by atoms with Gasteiger partial charge in [0, 0.05) is 33.4 Å². The molecule has 0 aromatic heterocycles. The minimum Gasteiger partial charge on any atom is -0.385 e. The lowest BCUT2D eigenvalue weighted by molar-refractivity contribution is 0.0730. The molecule has 1 saturated heterocycles. The summed E-state index contributed by atoms with van der Waals surface area (Å²) in [6.07, 6.45) is 1.42. The second-order valence-corrected chi connectivity index (χ2v) is 9.29. The van der Waals surface area contributed by atoms with E-state index < -0.39 is 20.0 Å². The van der Waals surface area contributed by atoms with Crippen LogP contribution in [0, 0.1) is 0 Å². The van der Waals surface area contributed by atoms with Crippen molar-refractivity contribution < 1.29 is 26.3 Å². The van der Waals surface area contributed by atoms with Gasteiger partial charge in [0.15, 0.2) is 0 Å². The summed E-state index contributed by atoms with van der Waals surface area (Å²) in [6.45, 7) is 2.20. The molecule has 0 saturated carbocycles. The van der Waals surface area contributed by atoms with Crippen molar-refractivity contribution in [3.8, 4) is 0 Å². The highest BCUT2D eigenvalue weighted by Crippen LogP contribution is 2.19. The van der Waals surface area contributed by atoms with Gasteiger partial charge in [0.25, 0.3) is 0 Å². The minimum atomic E-state index is -3.65. The van der Waals surface area contributed by atoms with E-state index in [0.717, 1.165) is 6.42 Å². The van der Waals surface area contributed by atoms with Crippen molar-refractivity contribution in [2.24, 2.45) is 0 Å². The number of morpholine rings is 1. The van der Waals surface area contributed by atoms with Crippen LogP contribution in [0.15, 0.2) is 34.1 Å². The quantitative estimate of drug-likeness (QED) is 0.611. The highest BCUT2D eigenvalue weighted by atomic mass is 32.2. The number of nitrogens with one attached hydrogen (secondary N) is 1. The first-order chi connectivity index (χ1) is 11.9. The molecule has 0 spiro atoms. The van der Waals surface area contributed by atoms with Gasteiger partial charge in [-0.05, 0) is 37.1 Å². The van der Waals surface area contributed by atoms with E-state index in [-0.39, 0.29) is 9.79 Å². The van der Waals surface area contributed by atoms with Crippen LogP contribution in [0.5, 0.6) is 0 Å². The van der Waals surface area contributed by atoms with E-state index in [1.54, 1.807) is 7.11 Å². The van der Waals surface area contributed by atoms with Gasteiger partial charge in [0.05, 0.1) is 23.0 Å². The van der Waals surface area contributed by atoms with Crippen LogP contribution < -0.4 is 4.72 Å². The zero-order chi connectivity index (χ0) is 18.3. The van der Waals surface area contributed by atoms with Crippen LogP contribution in [-0.4, -0.2) is 67.7 Å². The number of hydrogen-bond acceptors (Lipinski definition) is 6. The standard InChI is InChI=1S/C15H24N2O6S2/c1-22-11-3-2-8-16-24(18,19)14-4-6-15(7-5-14)25(20,21)17-9-12-23-13-10-17/h4-7,16H,2-3,8-13H2,1H3. The number of ether oxygens (including phenoxy) is 2. The summed E-state index contributed by atoms with van der Waals surface area (Å²) < 4.78 is 63.3. The van der Waals surface area contributed by atoms with Gasteiger partial charge in [-0.1, -0.05) is 0 Å². The molecule has 1 aromatic carbocycles. The van der Waals surface area contributed by atoms with E-state index in [0.29, 0.717) is 45.9 Å². The fourth-order valence-corrected chi connectivity index (χ4v) is 4.87. The van der Waals surface area contributed by atoms with E-state index >= 15 is 0 Å². The summed E-state index contributed by atoms with van der Waals surface area (Å²) in [5.41, 5.74) is 0. The zero-order valence-electron chi connectivity index (χ0n) is 14.2. The molecule has 1 N–H and O–H groups in total. The molecule has 1 heterocycles. The summed E-state index contributed by atoms with van der Waals surface area (Å²) in [6, 6.07) is 5.27. The summed E-state index contributed by atoms with van der Waals surface area (Å²) in [7, 11) is -5.69. The van der Waals surface area contributed by atoms with E-state index in [1.165, 1.54) is 28.6 Å². The summed E-state index contributed by atoms with van der Waals surface area (Å²) in [5, 5.41) is 0. The number of benzene rings is 1. The van der Waals surface area contributed by atoms with Crippen LogP contribution >= 0.6 is 0 Å². The normalized spacial score (nSPS) is 16.8. The predicted molar refractivity (Wildman–Crippen MR) is 92.3 cm³/mol. The average Bonchev–Trinajstić information content (AvgIpc) is 2.62. The molecule has 0 atom stereocenters. The smallest absolute Gasteiger partial charge is 0.243 e. The molecule has 10 heteroatoms. The second-order valence-electron chi connectivity index (χ2n) is 5.59. The summed E-state index contributed by atoms with van der Waals surface area (Å²) >= 11 is 0. The van der Waals surface area contributed by atoms with Crippen molar-refractivity contribution in [2.75, 3.05) is 46.6 Å². The molecular weight excluding hydrogens is 368 g/mol. The van der Waals surface area contributed by atoms with Crippen molar-refractivity contribution in [1.82, 2.24) is 9.03 Å². The van der Waals surface area contributed by atoms with Crippen molar-refractivity contribution >= 4 is 20.0 Å². The lowest BCUT2D eigenvalue weighted by atomic mass is 10.3. The van der Waals surface area contributed by atoms with Crippen LogP contribution in [0.4, 0.5) is 0 Å². The first-order valence-corrected chi connectivity index (χ1v) is 11.0. The molecule has 2 rings (SSSR count). The van der Waals surface area contributed by atoms with Gasteiger partial charge in [-0.15, -0.1) is 0 Å². The number of unbranched alkanes of at least 4 members (excludes halogenated alkanes) is 1. The van der Waals surface area contributed by atoms with Gasteiger partial charge in [-0.3, -0.25) is 0 Å². The van der Waals surface area contributed by atoms with Crippen molar-refractivity contribution in [1.29, 1.82) is 0 Å². The molecule has 1 aliphatic heterocycles. The van der Waals surface area contributed by atoms with Crippen LogP contribution in [0.3, 0.4) is 0 Å². The van der Waals surface area contributed by atoms with Gasteiger partial charge in [-0.25, -0.2) is 21.6 Å². The second kappa shape index (κ2) is 9.06. The highest BCUT2D eigenvalue weighted by Gasteiger charge is 2.26. The Bertz CT molecular complexity index is 741. The van der Waals surface area contributed by atoms with Gasteiger partial charge >= 0.3 is 0 Å². The Balaban J connectivity index is 2.03. The molecule has 8 nitrogen and oxygen atoms in total. The van der Waals surface area contributed by atoms with Crippen LogP contribution in [0.1, 0.15) is 12.8 Å². The van der Waals surface area contributed by atoms with Crippen LogP contribution in [0.2, 0.25) is 0 Å². The zero-order valence-corrected chi connectivity index (χ0v) is 15.8. The Labute approximate surface area is 149 Å². The number of rotatable bonds is 9. The monoisotopic (exact) mass is 392 g/mol. The number of sulfonamides is 2. The van der Waals surface area contributed by atoms with Crippen molar-refractivity contribution in [3.05, 3.63) is 24.3 Å². The van der Waals surface area contributed by atoms with Gasteiger partial charge < -0.3 is 9.47 Å². The molecule has 0 amide bonds. The van der Waals surface area contributed by atoms with Crippen molar-refractivity contribution in [2.45, 2.75) is 22.6 Å². The maximum absolute atomic E-state index is 12.5. The Hall–Kier alpha value is -1.04. The third kappa shape index (κ3) is 5.47. The van der Waals surface area contributed by atoms with E-state index in [4.69, 9.17) is 9.47 Å². The summed E-state index contributed by atoms with van der Waals surface area (Å²) in [5.74, 6) is 0. The first-order valence-electron chi connectivity index (χ1n) is 8.04. The molecule has 1 aromatic rings. The lowest BCUT2D eigenvalue weighted by Gasteiger charge is -2.26. The van der Waals surface area contributed by atoms with Gasteiger partial charge in [0.1, 0.15) is 0 Å². The molecule has 1 aliphatic rings. The maximum Gasteiger partial charge on any atom is 0.243 e. The van der Waals surface area contributed by atoms with E-state index in [9.17, 15) is 16.8 Å². The molecule has 0 bridgehead atoms. The van der Waals surface area contributed by atoms with Crippen molar-refractivity contribution in [3.63, 3.8) is 0 Å². The predicted octanol–water partition coefficient (Wildman–Crippen LogP) is 0.412. The first kappa shape index (κ1) is 20.3. The Morgan fingerprint density at radius 2 is 1.64 bits per heavy atom. The number of hydrogen-bond donors (Lipinski definition) is 1.